The molecule has 96 valence electrons. The van der Waals surface area contributed by atoms with E-state index in [1.54, 1.807) is 6.92 Å². The van der Waals surface area contributed by atoms with Crippen LogP contribution in [0.1, 0.15) is 48.0 Å². The van der Waals surface area contributed by atoms with Crippen molar-refractivity contribution < 1.29 is 14.6 Å². The summed E-state index contributed by atoms with van der Waals surface area (Å²) in [5.41, 5.74) is -0.490. The van der Waals surface area contributed by atoms with Gasteiger partial charge in [0, 0.05) is 6.04 Å². The summed E-state index contributed by atoms with van der Waals surface area (Å²) >= 11 is 0. The van der Waals surface area contributed by atoms with Gasteiger partial charge in [0.15, 0.2) is 0 Å². The van der Waals surface area contributed by atoms with Crippen molar-refractivity contribution in [2.24, 2.45) is 5.92 Å². The van der Waals surface area contributed by atoms with Crippen LogP contribution in [0.3, 0.4) is 0 Å². The molecule has 2 N–H and O–H groups in total. The zero-order valence-electron chi connectivity index (χ0n) is 11.2. The number of nitrogens with one attached hydrogen (secondary N) is 1. The lowest BCUT2D eigenvalue weighted by atomic mass is 9.99. The maximum Gasteiger partial charge on any atom is 0.407 e. The Morgan fingerprint density at radius 3 is 2.12 bits per heavy atom. The quantitative estimate of drug-likeness (QED) is 0.780. The number of aliphatic hydroxyl groups is 1. The second-order valence-corrected chi connectivity index (χ2v) is 5.58. The van der Waals surface area contributed by atoms with Gasteiger partial charge in [-0.15, -0.1) is 0 Å². The van der Waals surface area contributed by atoms with E-state index < -0.39 is 17.8 Å². The summed E-state index contributed by atoms with van der Waals surface area (Å²) < 4.78 is 5.17. The number of aliphatic hydroxyl groups excluding tert-OH is 1. The average Bonchev–Trinajstić information content (AvgIpc) is 1.97. The molecule has 0 aliphatic carbocycles. The van der Waals surface area contributed by atoms with Crippen LogP contribution < -0.4 is 5.32 Å². The maximum atomic E-state index is 11.5. The van der Waals surface area contributed by atoms with Crippen molar-refractivity contribution in [1.82, 2.24) is 5.32 Å². The summed E-state index contributed by atoms with van der Waals surface area (Å²) in [6.07, 6.45) is -0.314. The second-order valence-electron chi connectivity index (χ2n) is 5.58. The summed E-state index contributed by atoms with van der Waals surface area (Å²) in [5.74, 6) is 0.266. The first kappa shape index (κ1) is 15.2. The standard InChI is InChI=1S/C12H25NO3/c1-8(2)10(7-9(3)14)13-11(15)16-12(4,5)6/h8-10,14H,7H2,1-6H3,(H,13,15). The van der Waals surface area contributed by atoms with E-state index in [4.69, 9.17) is 4.74 Å². The Morgan fingerprint density at radius 2 is 1.81 bits per heavy atom. The molecule has 0 fully saturated rings. The first-order valence-electron chi connectivity index (χ1n) is 5.79. The van der Waals surface area contributed by atoms with Crippen LogP contribution in [0.4, 0.5) is 4.79 Å². The van der Waals surface area contributed by atoms with Crippen LogP contribution in [0, 0.1) is 5.92 Å². The van der Waals surface area contributed by atoms with Gasteiger partial charge in [-0.1, -0.05) is 13.8 Å². The molecule has 4 heteroatoms. The highest BCUT2D eigenvalue weighted by Gasteiger charge is 2.22. The van der Waals surface area contributed by atoms with Crippen LogP contribution in [0.2, 0.25) is 0 Å². The minimum Gasteiger partial charge on any atom is -0.444 e. The number of hydrogen-bond acceptors (Lipinski definition) is 3. The lowest BCUT2D eigenvalue weighted by molar-refractivity contribution is 0.0467. The van der Waals surface area contributed by atoms with Crippen LogP contribution in [0.15, 0.2) is 0 Å². The molecule has 2 unspecified atom stereocenters. The van der Waals surface area contributed by atoms with Crippen LogP contribution >= 0.6 is 0 Å². The van der Waals surface area contributed by atoms with Crippen molar-refractivity contribution >= 4 is 6.09 Å². The Labute approximate surface area is 98.4 Å². The fraction of sp³-hybridized carbons (Fsp3) is 0.917. The topological polar surface area (TPSA) is 58.6 Å². The molecule has 1 amide bonds. The number of ether oxygens (including phenoxy) is 1. The van der Waals surface area contributed by atoms with Crippen molar-refractivity contribution in [1.29, 1.82) is 0 Å². The number of carbonyl (C=O) groups is 1. The van der Waals surface area contributed by atoms with Gasteiger partial charge >= 0.3 is 6.09 Å². The molecular weight excluding hydrogens is 206 g/mol. The second kappa shape index (κ2) is 6.09. The highest BCUT2D eigenvalue weighted by Crippen LogP contribution is 2.11. The molecule has 2 atom stereocenters. The Bertz CT molecular complexity index is 219. The SMILES string of the molecule is CC(O)CC(NC(=O)OC(C)(C)C)C(C)C. The number of rotatable bonds is 4. The van der Waals surface area contributed by atoms with E-state index in [1.807, 2.05) is 34.6 Å². The Balaban J connectivity index is 4.24. The first-order valence-corrected chi connectivity index (χ1v) is 5.79. The number of alkyl carbamates (subject to hydrolysis) is 1. The van der Waals surface area contributed by atoms with Gasteiger partial charge in [-0.25, -0.2) is 4.79 Å². The number of hydrogen-bond donors (Lipinski definition) is 2. The predicted octanol–water partition coefficient (Wildman–Crippen LogP) is 2.31. The molecule has 16 heavy (non-hydrogen) atoms. The molecule has 0 aromatic carbocycles. The lowest BCUT2D eigenvalue weighted by Crippen LogP contribution is -2.43. The smallest absolute Gasteiger partial charge is 0.407 e. The third kappa shape index (κ3) is 7.51. The van der Waals surface area contributed by atoms with Crippen LogP contribution in [0.5, 0.6) is 0 Å². The molecule has 0 heterocycles. The average molecular weight is 231 g/mol. The first-order chi connectivity index (χ1) is 7.11. The van der Waals surface area contributed by atoms with Gasteiger partial charge in [0.05, 0.1) is 6.10 Å². The number of carbonyl (C=O) groups excluding carboxylic acids is 1. The molecule has 0 spiro atoms. The summed E-state index contributed by atoms with van der Waals surface area (Å²) in [6, 6.07) is -0.0603. The lowest BCUT2D eigenvalue weighted by Gasteiger charge is -2.26. The van der Waals surface area contributed by atoms with Gasteiger partial charge in [0.2, 0.25) is 0 Å². The Morgan fingerprint density at radius 1 is 1.31 bits per heavy atom. The van der Waals surface area contributed by atoms with E-state index in [1.165, 1.54) is 0 Å². The van der Waals surface area contributed by atoms with Crippen molar-refractivity contribution in [3.05, 3.63) is 0 Å². The predicted molar refractivity (Wildman–Crippen MR) is 64.3 cm³/mol. The van der Waals surface area contributed by atoms with Crippen molar-refractivity contribution in [2.45, 2.75) is 65.7 Å². The molecule has 0 aliphatic rings. The highest BCUT2D eigenvalue weighted by atomic mass is 16.6. The zero-order chi connectivity index (χ0) is 12.9. The summed E-state index contributed by atoms with van der Waals surface area (Å²) in [5, 5.41) is 12.1. The number of amides is 1. The minimum atomic E-state index is -0.490. The summed E-state index contributed by atoms with van der Waals surface area (Å²) in [6.45, 7) is 11.2. The third-order valence-electron chi connectivity index (χ3n) is 2.10. The fourth-order valence-corrected chi connectivity index (χ4v) is 1.32. The third-order valence-corrected chi connectivity index (χ3v) is 2.10. The molecule has 0 bridgehead atoms. The van der Waals surface area contributed by atoms with Crippen LogP contribution in [0.25, 0.3) is 0 Å². The molecule has 0 saturated heterocycles. The van der Waals surface area contributed by atoms with E-state index in [0.29, 0.717) is 6.42 Å². The van der Waals surface area contributed by atoms with Gasteiger partial charge in [0.25, 0.3) is 0 Å². The van der Waals surface area contributed by atoms with E-state index in [-0.39, 0.29) is 12.0 Å². The Hall–Kier alpha value is -0.770. The molecule has 0 aromatic heterocycles. The van der Waals surface area contributed by atoms with E-state index >= 15 is 0 Å². The molecule has 0 saturated carbocycles. The van der Waals surface area contributed by atoms with Crippen molar-refractivity contribution in [2.75, 3.05) is 0 Å². The van der Waals surface area contributed by atoms with Gasteiger partial charge in [-0.05, 0) is 40.0 Å². The molecule has 4 nitrogen and oxygen atoms in total. The van der Waals surface area contributed by atoms with Crippen LogP contribution in [-0.2, 0) is 4.74 Å². The normalized spacial score (nSPS) is 15.8. The van der Waals surface area contributed by atoms with E-state index in [2.05, 4.69) is 5.32 Å². The maximum absolute atomic E-state index is 11.5. The minimum absolute atomic E-state index is 0.0603. The molecule has 0 aromatic rings. The zero-order valence-corrected chi connectivity index (χ0v) is 11.2. The van der Waals surface area contributed by atoms with Crippen LogP contribution in [-0.4, -0.2) is 28.9 Å². The van der Waals surface area contributed by atoms with E-state index in [0.717, 1.165) is 0 Å². The van der Waals surface area contributed by atoms with Crippen molar-refractivity contribution in [3.8, 4) is 0 Å². The van der Waals surface area contributed by atoms with Gasteiger partial charge in [-0.2, -0.15) is 0 Å². The largest absolute Gasteiger partial charge is 0.444 e. The molecule has 0 radical (unpaired) electrons. The molecular formula is C12H25NO3. The molecule has 0 rings (SSSR count). The van der Waals surface area contributed by atoms with Gasteiger partial charge in [0.1, 0.15) is 5.60 Å². The van der Waals surface area contributed by atoms with E-state index in [9.17, 15) is 9.90 Å². The Kier molecular flexibility index (Phi) is 5.79. The molecule has 0 aliphatic heterocycles. The van der Waals surface area contributed by atoms with Gasteiger partial charge in [-0.3, -0.25) is 0 Å². The van der Waals surface area contributed by atoms with Crippen molar-refractivity contribution in [3.63, 3.8) is 0 Å². The summed E-state index contributed by atoms with van der Waals surface area (Å²) in [7, 11) is 0. The van der Waals surface area contributed by atoms with Gasteiger partial charge < -0.3 is 15.2 Å². The monoisotopic (exact) mass is 231 g/mol. The highest BCUT2D eigenvalue weighted by molar-refractivity contribution is 5.68. The fourth-order valence-electron chi connectivity index (χ4n) is 1.32. The summed E-state index contributed by atoms with van der Waals surface area (Å²) in [4.78, 5) is 11.5.